The van der Waals surface area contributed by atoms with E-state index in [1.807, 2.05) is 22.7 Å². The predicted molar refractivity (Wildman–Crippen MR) is 73.6 cm³/mol. The lowest BCUT2D eigenvalue weighted by molar-refractivity contribution is 0.639. The molecule has 0 aliphatic heterocycles. The Morgan fingerprint density at radius 2 is 2.19 bits per heavy atom. The van der Waals surface area contributed by atoms with Crippen LogP contribution in [0.15, 0.2) is 23.6 Å². The van der Waals surface area contributed by atoms with Crippen molar-refractivity contribution in [1.29, 1.82) is 0 Å². The lowest BCUT2D eigenvalue weighted by Gasteiger charge is -2.16. The number of hydrogen-bond donors (Lipinski definition) is 1. The molecule has 0 aliphatic carbocycles. The molecule has 0 radical (unpaired) electrons. The summed E-state index contributed by atoms with van der Waals surface area (Å²) in [5.41, 5.74) is 1.44. The van der Waals surface area contributed by atoms with E-state index < -0.39 is 0 Å². The molecular formula is C13H17NS2. The van der Waals surface area contributed by atoms with Crippen LogP contribution in [-0.2, 0) is 0 Å². The summed E-state index contributed by atoms with van der Waals surface area (Å²) < 4.78 is 0. The van der Waals surface area contributed by atoms with Crippen LogP contribution < -0.4 is 5.32 Å². The third-order valence-electron chi connectivity index (χ3n) is 2.63. The van der Waals surface area contributed by atoms with Crippen LogP contribution >= 0.6 is 22.7 Å². The van der Waals surface area contributed by atoms with Crippen LogP contribution in [0.4, 0.5) is 0 Å². The van der Waals surface area contributed by atoms with Crippen molar-refractivity contribution in [2.45, 2.75) is 26.8 Å². The zero-order valence-electron chi connectivity index (χ0n) is 9.91. The first-order valence-electron chi connectivity index (χ1n) is 5.56. The Morgan fingerprint density at radius 1 is 1.38 bits per heavy atom. The van der Waals surface area contributed by atoms with Gasteiger partial charge in [-0.3, -0.25) is 0 Å². The highest BCUT2D eigenvalue weighted by molar-refractivity contribution is 7.12. The van der Waals surface area contributed by atoms with Crippen LogP contribution in [0.2, 0.25) is 0 Å². The van der Waals surface area contributed by atoms with Crippen LogP contribution in [0.25, 0.3) is 0 Å². The fraction of sp³-hybridized carbons (Fsp3) is 0.385. The summed E-state index contributed by atoms with van der Waals surface area (Å²) in [5.74, 6) is 0. The molecule has 1 unspecified atom stereocenters. The zero-order chi connectivity index (χ0) is 11.5. The first-order chi connectivity index (χ1) is 7.72. The van der Waals surface area contributed by atoms with Crippen molar-refractivity contribution in [3.63, 3.8) is 0 Å². The molecule has 0 fully saturated rings. The molecule has 0 aromatic carbocycles. The van der Waals surface area contributed by atoms with Gasteiger partial charge < -0.3 is 5.32 Å². The van der Waals surface area contributed by atoms with E-state index in [0.717, 1.165) is 6.54 Å². The Kier molecular flexibility index (Phi) is 3.79. The monoisotopic (exact) mass is 251 g/mol. The molecule has 2 aromatic rings. The second kappa shape index (κ2) is 5.13. The van der Waals surface area contributed by atoms with Gasteiger partial charge >= 0.3 is 0 Å². The van der Waals surface area contributed by atoms with Gasteiger partial charge in [0, 0.05) is 14.6 Å². The van der Waals surface area contributed by atoms with Crippen molar-refractivity contribution >= 4 is 22.7 Å². The maximum Gasteiger partial charge on any atom is 0.0681 e. The summed E-state index contributed by atoms with van der Waals surface area (Å²) in [6, 6.07) is 7.02. The van der Waals surface area contributed by atoms with Crippen molar-refractivity contribution < 1.29 is 0 Å². The predicted octanol–water partition coefficient (Wildman–Crippen LogP) is 4.13. The van der Waals surface area contributed by atoms with Gasteiger partial charge in [0.15, 0.2) is 0 Å². The van der Waals surface area contributed by atoms with Crippen molar-refractivity contribution in [1.82, 2.24) is 5.32 Å². The Bertz CT molecular complexity index is 442. The molecule has 0 aliphatic rings. The van der Waals surface area contributed by atoms with Crippen molar-refractivity contribution in [3.8, 4) is 0 Å². The highest BCUT2D eigenvalue weighted by atomic mass is 32.1. The fourth-order valence-electron chi connectivity index (χ4n) is 1.96. The summed E-state index contributed by atoms with van der Waals surface area (Å²) >= 11 is 3.71. The van der Waals surface area contributed by atoms with E-state index in [1.165, 1.54) is 20.2 Å². The van der Waals surface area contributed by atoms with Gasteiger partial charge in [0.1, 0.15) is 0 Å². The van der Waals surface area contributed by atoms with E-state index in [-0.39, 0.29) is 0 Å². The molecule has 1 atom stereocenters. The van der Waals surface area contributed by atoms with E-state index in [2.05, 4.69) is 49.7 Å². The van der Waals surface area contributed by atoms with Crippen LogP contribution in [0.5, 0.6) is 0 Å². The lowest BCUT2D eigenvalue weighted by atomic mass is 10.1. The van der Waals surface area contributed by atoms with Gasteiger partial charge in [0.25, 0.3) is 0 Å². The molecule has 0 amide bonds. The molecule has 2 aromatic heterocycles. The Labute approximate surface area is 105 Å². The second-order valence-corrected chi connectivity index (χ2v) is 6.31. The quantitative estimate of drug-likeness (QED) is 0.861. The van der Waals surface area contributed by atoms with Crippen LogP contribution in [0, 0.1) is 13.8 Å². The van der Waals surface area contributed by atoms with E-state index in [0.29, 0.717) is 6.04 Å². The van der Waals surface area contributed by atoms with E-state index in [1.54, 1.807) is 0 Å². The van der Waals surface area contributed by atoms with Crippen molar-refractivity contribution in [3.05, 3.63) is 43.8 Å². The average Bonchev–Trinajstić information content (AvgIpc) is 2.85. The Balaban J connectivity index is 2.36. The number of rotatable bonds is 4. The van der Waals surface area contributed by atoms with Gasteiger partial charge in [-0.1, -0.05) is 13.0 Å². The molecule has 86 valence electrons. The van der Waals surface area contributed by atoms with Crippen LogP contribution in [0.1, 0.15) is 33.2 Å². The van der Waals surface area contributed by atoms with Crippen molar-refractivity contribution in [2.24, 2.45) is 0 Å². The minimum Gasteiger partial charge on any atom is -0.306 e. The molecule has 2 rings (SSSR count). The summed E-state index contributed by atoms with van der Waals surface area (Å²) in [6.45, 7) is 7.55. The third-order valence-corrected chi connectivity index (χ3v) is 4.55. The van der Waals surface area contributed by atoms with Gasteiger partial charge in [-0.05, 0) is 43.5 Å². The standard InChI is InChI=1S/C13H17NS2/c1-4-14-13(12-6-5-7-15-12)11-8-9(2)16-10(11)3/h5-8,13-14H,4H2,1-3H3. The molecule has 0 bridgehead atoms. The van der Waals surface area contributed by atoms with Gasteiger partial charge in [0.05, 0.1) is 6.04 Å². The molecule has 0 saturated heterocycles. The molecule has 2 heterocycles. The second-order valence-electron chi connectivity index (χ2n) is 3.87. The smallest absolute Gasteiger partial charge is 0.0681 e. The maximum absolute atomic E-state index is 3.57. The van der Waals surface area contributed by atoms with Crippen molar-refractivity contribution in [2.75, 3.05) is 6.54 Å². The Hall–Kier alpha value is -0.640. The number of nitrogens with one attached hydrogen (secondary N) is 1. The topological polar surface area (TPSA) is 12.0 Å². The van der Waals surface area contributed by atoms with E-state index in [9.17, 15) is 0 Å². The number of aryl methyl sites for hydroxylation is 2. The number of hydrogen-bond acceptors (Lipinski definition) is 3. The van der Waals surface area contributed by atoms with E-state index in [4.69, 9.17) is 0 Å². The first-order valence-corrected chi connectivity index (χ1v) is 7.25. The SMILES string of the molecule is CCNC(c1cccs1)c1cc(C)sc1C. The van der Waals surface area contributed by atoms with Gasteiger partial charge in [-0.15, -0.1) is 22.7 Å². The Morgan fingerprint density at radius 3 is 2.69 bits per heavy atom. The molecule has 0 spiro atoms. The zero-order valence-corrected chi connectivity index (χ0v) is 11.5. The maximum atomic E-state index is 3.57. The summed E-state index contributed by atoms with van der Waals surface area (Å²) in [6.07, 6.45) is 0. The lowest BCUT2D eigenvalue weighted by Crippen LogP contribution is -2.21. The average molecular weight is 251 g/mol. The summed E-state index contributed by atoms with van der Waals surface area (Å²) in [5, 5.41) is 5.72. The largest absolute Gasteiger partial charge is 0.306 e. The fourth-order valence-corrected chi connectivity index (χ4v) is 3.74. The summed E-state index contributed by atoms with van der Waals surface area (Å²) in [7, 11) is 0. The molecular weight excluding hydrogens is 234 g/mol. The molecule has 3 heteroatoms. The highest BCUT2D eigenvalue weighted by Crippen LogP contribution is 2.32. The normalized spacial score (nSPS) is 12.9. The number of thiophene rings is 2. The minimum atomic E-state index is 0.370. The van der Waals surface area contributed by atoms with Crippen LogP contribution in [0.3, 0.4) is 0 Å². The third kappa shape index (κ3) is 2.37. The molecule has 1 N–H and O–H groups in total. The van der Waals surface area contributed by atoms with Gasteiger partial charge in [0.2, 0.25) is 0 Å². The first kappa shape index (κ1) is 11.8. The minimum absolute atomic E-state index is 0.370. The van der Waals surface area contributed by atoms with E-state index >= 15 is 0 Å². The summed E-state index contributed by atoms with van der Waals surface area (Å²) in [4.78, 5) is 4.23. The highest BCUT2D eigenvalue weighted by Gasteiger charge is 2.17. The molecule has 0 saturated carbocycles. The van der Waals surface area contributed by atoms with Crippen LogP contribution in [-0.4, -0.2) is 6.54 Å². The van der Waals surface area contributed by atoms with Gasteiger partial charge in [-0.25, -0.2) is 0 Å². The molecule has 1 nitrogen and oxygen atoms in total. The van der Waals surface area contributed by atoms with Gasteiger partial charge in [-0.2, -0.15) is 0 Å². The molecule has 16 heavy (non-hydrogen) atoms.